The van der Waals surface area contributed by atoms with Crippen molar-refractivity contribution in [2.24, 2.45) is 0 Å². The number of aliphatic hydroxyl groups excluding tert-OH is 1. The summed E-state index contributed by atoms with van der Waals surface area (Å²) in [6.45, 7) is 1.82. The lowest BCUT2D eigenvalue weighted by molar-refractivity contribution is 0.281. The molecule has 1 N–H and O–H groups in total. The summed E-state index contributed by atoms with van der Waals surface area (Å²) >= 11 is 5.67. The van der Waals surface area contributed by atoms with Gasteiger partial charge in [-0.1, -0.05) is 23.7 Å². The molecule has 0 saturated carbocycles. The Bertz CT molecular complexity index is 570. The zero-order valence-electron chi connectivity index (χ0n) is 9.78. The average Bonchev–Trinajstić information content (AvgIpc) is 2.35. The molecule has 4 heteroatoms. The van der Waals surface area contributed by atoms with Gasteiger partial charge >= 0.3 is 0 Å². The van der Waals surface area contributed by atoms with E-state index in [0.717, 1.165) is 11.1 Å². The zero-order valence-corrected chi connectivity index (χ0v) is 10.5. The SMILES string of the molecule is Cc1cc(Oc2cccc(Cl)c2F)ccc1CO. The smallest absolute Gasteiger partial charge is 0.184 e. The van der Waals surface area contributed by atoms with Crippen molar-refractivity contribution in [3.8, 4) is 11.5 Å². The van der Waals surface area contributed by atoms with Crippen molar-refractivity contribution >= 4 is 11.6 Å². The van der Waals surface area contributed by atoms with Gasteiger partial charge in [0.15, 0.2) is 11.6 Å². The topological polar surface area (TPSA) is 29.5 Å². The average molecular weight is 267 g/mol. The zero-order chi connectivity index (χ0) is 13.1. The summed E-state index contributed by atoms with van der Waals surface area (Å²) in [5.74, 6) is 0.00701. The third-order valence-corrected chi connectivity index (χ3v) is 2.92. The van der Waals surface area contributed by atoms with Gasteiger partial charge in [0.25, 0.3) is 0 Å². The predicted molar refractivity (Wildman–Crippen MR) is 68.6 cm³/mol. The quantitative estimate of drug-likeness (QED) is 0.907. The van der Waals surface area contributed by atoms with Gasteiger partial charge in [-0.2, -0.15) is 0 Å². The number of rotatable bonds is 3. The molecule has 0 atom stereocenters. The van der Waals surface area contributed by atoms with E-state index in [2.05, 4.69) is 0 Å². The summed E-state index contributed by atoms with van der Waals surface area (Å²) in [7, 11) is 0. The second-order valence-electron chi connectivity index (χ2n) is 3.90. The summed E-state index contributed by atoms with van der Waals surface area (Å²) in [6, 6.07) is 9.76. The molecule has 0 aliphatic rings. The van der Waals surface area contributed by atoms with Gasteiger partial charge in [-0.3, -0.25) is 0 Å². The second-order valence-corrected chi connectivity index (χ2v) is 4.31. The van der Waals surface area contributed by atoms with Crippen LogP contribution in [0.1, 0.15) is 11.1 Å². The first-order valence-electron chi connectivity index (χ1n) is 5.44. The molecule has 94 valence electrons. The van der Waals surface area contributed by atoms with Crippen molar-refractivity contribution in [1.29, 1.82) is 0 Å². The summed E-state index contributed by atoms with van der Waals surface area (Å²) in [5.41, 5.74) is 1.70. The van der Waals surface area contributed by atoms with Crippen molar-refractivity contribution in [2.45, 2.75) is 13.5 Å². The maximum atomic E-state index is 13.6. The van der Waals surface area contributed by atoms with Crippen LogP contribution in [0.2, 0.25) is 5.02 Å². The first-order valence-corrected chi connectivity index (χ1v) is 5.82. The van der Waals surface area contributed by atoms with Gasteiger partial charge in [0, 0.05) is 0 Å². The highest BCUT2D eigenvalue weighted by Gasteiger charge is 2.09. The fourth-order valence-corrected chi connectivity index (χ4v) is 1.76. The molecule has 2 aromatic carbocycles. The van der Waals surface area contributed by atoms with Crippen LogP contribution in [-0.2, 0) is 6.61 Å². The molecule has 0 saturated heterocycles. The number of ether oxygens (including phenoxy) is 1. The van der Waals surface area contributed by atoms with Gasteiger partial charge in [0.1, 0.15) is 5.75 Å². The molecule has 0 aliphatic heterocycles. The lowest BCUT2D eigenvalue weighted by Crippen LogP contribution is -1.92. The van der Waals surface area contributed by atoms with Crippen LogP contribution in [0.5, 0.6) is 11.5 Å². The molecule has 2 aromatic rings. The summed E-state index contributed by atoms with van der Waals surface area (Å²) in [6.07, 6.45) is 0. The van der Waals surface area contributed by atoms with Crippen LogP contribution in [0.3, 0.4) is 0 Å². The lowest BCUT2D eigenvalue weighted by Gasteiger charge is -2.09. The molecule has 2 nitrogen and oxygen atoms in total. The van der Waals surface area contributed by atoms with Crippen molar-refractivity contribution in [3.63, 3.8) is 0 Å². The van der Waals surface area contributed by atoms with Gasteiger partial charge in [0.05, 0.1) is 11.6 Å². The van der Waals surface area contributed by atoms with E-state index < -0.39 is 5.82 Å². The van der Waals surface area contributed by atoms with E-state index in [1.807, 2.05) is 6.92 Å². The molecule has 18 heavy (non-hydrogen) atoms. The van der Waals surface area contributed by atoms with Gasteiger partial charge in [0.2, 0.25) is 0 Å². The molecule has 0 spiro atoms. The van der Waals surface area contributed by atoms with Gasteiger partial charge in [-0.15, -0.1) is 0 Å². The highest BCUT2D eigenvalue weighted by Crippen LogP contribution is 2.29. The van der Waals surface area contributed by atoms with Gasteiger partial charge in [-0.05, 0) is 42.3 Å². The van der Waals surface area contributed by atoms with Gasteiger partial charge in [-0.25, -0.2) is 4.39 Å². The van der Waals surface area contributed by atoms with E-state index >= 15 is 0 Å². The van der Waals surface area contributed by atoms with Crippen molar-refractivity contribution in [3.05, 3.63) is 58.4 Å². The fourth-order valence-electron chi connectivity index (χ4n) is 1.60. The van der Waals surface area contributed by atoms with E-state index in [9.17, 15) is 4.39 Å². The minimum Gasteiger partial charge on any atom is -0.454 e. The van der Waals surface area contributed by atoms with Crippen molar-refractivity contribution in [1.82, 2.24) is 0 Å². The summed E-state index contributed by atoms with van der Waals surface area (Å²) in [5, 5.41) is 9.09. The van der Waals surface area contributed by atoms with E-state index in [0.29, 0.717) is 5.75 Å². The Labute approximate surface area is 110 Å². The largest absolute Gasteiger partial charge is 0.454 e. The number of aryl methyl sites for hydroxylation is 1. The van der Waals surface area contributed by atoms with Crippen LogP contribution in [0.15, 0.2) is 36.4 Å². The highest BCUT2D eigenvalue weighted by atomic mass is 35.5. The third-order valence-electron chi connectivity index (χ3n) is 2.63. The molecule has 0 fully saturated rings. The number of benzene rings is 2. The molecule has 0 bridgehead atoms. The predicted octanol–water partition coefficient (Wildman–Crippen LogP) is 4.07. The fraction of sp³-hybridized carbons (Fsp3) is 0.143. The van der Waals surface area contributed by atoms with Crippen LogP contribution in [0.4, 0.5) is 4.39 Å². The molecular weight excluding hydrogens is 255 g/mol. The van der Waals surface area contributed by atoms with Crippen LogP contribution < -0.4 is 4.74 Å². The van der Waals surface area contributed by atoms with Crippen LogP contribution in [0.25, 0.3) is 0 Å². The first-order chi connectivity index (χ1) is 8.61. The number of halogens is 2. The Balaban J connectivity index is 2.29. The minimum absolute atomic E-state index is 0.0243. The molecular formula is C14H12ClFO2. The first kappa shape index (κ1) is 12.9. The Hall–Kier alpha value is -1.58. The Morgan fingerprint density at radius 2 is 2.06 bits per heavy atom. The van der Waals surface area contributed by atoms with E-state index in [1.54, 1.807) is 24.3 Å². The maximum absolute atomic E-state index is 13.6. The Morgan fingerprint density at radius 3 is 2.72 bits per heavy atom. The second kappa shape index (κ2) is 5.38. The van der Waals surface area contributed by atoms with Crippen LogP contribution >= 0.6 is 11.6 Å². The molecule has 0 amide bonds. The lowest BCUT2D eigenvalue weighted by atomic mass is 10.1. The Morgan fingerprint density at radius 1 is 1.28 bits per heavy atom. The highest BCUT2D eigenvalue weighted by molar-refractivity contribution is 6.30. The van der Waals surface area contributed by atoms with Crippen molar-refractivity contribution in [2.75, 3.05) is 0 Å². The number of hydrogen-bond donors (Lipinski definition) is 1. The van der Waals surface area contributed by atoms with E-state index in [1.165, 1.54) is 12.1 Å². The summed E-state index contributed by atoms with van der Waals surface area (Å²) < 4.78 is 19.1. The number of aliphatic hydroxyl groups is 1. The standard InChI is InChI=1S/C14H12ClFO2/c1-9-7-11(6-5-10(9)8-17)18-13-4-2-3-12(15)14(13)16/h2-7,17H,8H2,1H3. The Kier molecular flexibility index (Phi) is 3.84. The minimum atomic E-state index is -0.581. The molecule has 0 aliphatic carbocycles. The molecule has 0 unspecified atom stereocenters. The molecule has 0 radical (unpaired) electrons. The molecule has 0 aromatic heterocycles. The maximum Gasteiger partial charge on any atom is 0.184 e. The molecule has 0 heterocycles. The van der Waals surface area contributed by atoms with E-state index in [-0.39, 0.29) is 17.4 Å². The number of hydrogen-bond acceptors (Lipinski definition) is 2. The summed E-state index contributed by atoms with van der Waals surface area (Å²) in [4.78, 5) is 0. The van der Waals surface area contributed by atoms with Crippen LogP contribution in [-0.4, -0.2) is 5.11 Å². The molecule has 2 rings (SSSR count). The monoisotopic (exact) mass is 266 g/mol. The third kappa shape index (κ3) is 2.63. The van der Waals surface area contributed by atoms with Gasteiger partial charge < -0.3 is 9.84 Å². The normalized spacial score (nSPS) is 10.4. The van der Waals surface area contributed by atoms with E-state index in [4.69, 9.17) is 21.4 Å². The van der Waals surface area contributed by atoms with Crippen LogP contribution in [0, 0.1) is 12.7 Å². The van der Waals surface area contributed by atoms with Crippen molar-refractivity contribution < 1.29 is 14.2 Å².